The maximum atomic E-state index is 6.23. The summed E-state index contributed by atoms with van der Waals surface area (Å²) in [5.74, 6) is 1.71. The van der Waals surface area contributed by atoms with Crippen LogP contribution >= 0.6 is 22.9 Å². The van der Waals surface area contributed by atoms with Crippen LogP contribution in [0.25, 0.3) is 10.2 Å². The highest BCUT2D eigenvalue weighted by atomic mass is 35.5. The molecule has 0 radical (unpaired) electrons. The summed E-state index contributed by atoms with van der Waals surface area (Å²) in [6.07, 6.45) is 6.04. The van der Waals surface area contributed by atoms with E-state index in [1.807, 2.05) is 0 Å². The molecule has 0 bridgehead atoms. The lowest BCUT2D eigenvalue weighted by Gasteiger charge is -2.24. The Morgan fingerprint density at radius 2 is 2.24 bits per heavy atom. The topological polar surface area (TPSA) is 25.8 Å². The van der Waals surface area contributed by atoms with Crippen LogP contribution in [0.3, 0.4) is 0 Å². The summed E-state index contributed by atoms with van der Waals surface area (Å²) in [6, 6.07) is 2.12. The lowest BCUT2D eigenvalue weighted by molar-refractivity contribution is 0.309. The summed E-state index contributed by atoms with van der Waals surface area (Å²) < 4.78 is 0. The van der Waals surface area contributed by atoms with Gasteiger partial charge in [0.15, 0.2) is 0 Å². The van der Waals surface area contributed by atoms with E-state index in [-0.39, 0.29) is 0 Å². The fraction of sp³-hybridized carbons (Fsp3) is 0.538. The van der Waals surface area contributed by atoms with Gasteiger partial charge in [-0.3, -0.25) is 0 Å². The van der Waals surface area contributed by atoms with Crippen LogP contribution in [0, 0.1) is 5.92 Å². The molecule has 90 valence electrons. The third kappa shape index (κ3) is 2.18. The number of aromatic nitrogens is 2. The molecule has 1 aliphatic rings. The molecule has 3 rings (SSSR count). The van der Waals surface area contributed by atoms with Gasteiger partial charge >= 0.3 is 0 Å². The predicted octanol–water partition coefficient (Wildman–Crippen LogP) is 4.25. The molecule has 1 fully saturated rings. The quantitative estimate of drug-likeness (QED) is 0.776. The molecule has 0 N–H and O–H groups in total. The van der Waals surface area contributed by atoms with Gasteiger partial charge in [-0.2, -0.15) is 0 Å². The Kier molecular flexibility index (Phi) is 3.05. The van der Waals surface area contributed by atoms with Crippen molar-refractivity contribution in [2.75, 3.05) is 0 Å². The smallest absolute Gasteiger partial charge is 0.141 e. The van der Waals surface area contributed by atoms with Gasteiger partial charge in [-0.15, -0.1) is 11.3 Å². The highest BCUT2D eigenvalue weighted by Crippen LogP contribution is 2.32. The maximum absolute atomic E-state index is 6.23. The summed E-state index contributed by atoms with van der Waals surface area (Å²) in [6.45, 7) is 2.15. The largest absolute Gasteiger partial charge is 0.222 e. The first-order valence-corrected chi connectivity index (χ1v) is 7.40. The number of hydrogen-bond acceptors (Lipinski definition) is 3. The van der Waals surface area contributed by atoms with Crippen molar-refractivity contribution in [2.45, 2.75) is 39.0 Å². The Bertz CT molecular complexity index is 546. The molecule has 0 aromatic carbocycles. The second-order valence-electron chi connectivity index (χ2n) is 4.72. The van der Waals surface area contributed by atoms with Crippen molar-refractivity contribution in [1.82, 2.24) is 9.97 Å². The Morgan fingerprint density at radius 3 is 2.88 bits per heavy atom. The van der Waals surface area contributed by atoms with Crippen LogP contribution < -0.4 is 0 Å². The van der Waals surface area contributed by atoms with E-state index < -0.39 is 0 Å². The van der Waals surface area contributed by atoms with Gasteiger partial charge in [-0.25, -0.2) is 9.97 Å². The number of fused-ring (bicyclic) bond motifs is 1. The number of halogens is 1. The summed E-state index contributed by atoms with van der Waals surface area (Å²) >= 11 is 7.98. The number of hydrogen-bond donors (Lipinski definition) is 0. The molecular weight excluding hydrogens is 252 g/mol. The molecule has 0 amide bonds. The van der Waals surface area contributed by atoms with Gasteiger partial charge in [0, 0.05) is 16.7 Å². The van der Waals surface area contributed by atoms with Crippen molar-refractivity contribution < 1.29 is 0 Å². The van der Waals surface area contributed by atoms with Crippen LogP contribution in [-0.2, 0) is 12.8 Å². The Morgan fingerprint density at radius 1 is 1.41 bits per heavy atom. The lowest BCUT2D eigenvalue weighted by atomic mass is 9.83. The normalized spacial score (nSPS) is 16.4. The van der Waals surface area contributed by atoms with E-state index in [0.717, 1.165) is 34.8 Å². The molecule has 2 aromatic rings. The van der Waals surface area contributed by atoms with Gasteiger partial charge < -0.3 is 0 Å². The summed E-state index contributed by atoms with van der Waals surface area (Å²) in [7, 11) is 0. The van der Waals surface area contributed by atoms with Gasteiger partial charge in [-0.1, -0.05) is 37.8 Å². The van der Waals surface area contributed by atoms with E-state index in [1.165, 1.54) is 24.1 Å². The minimum Gasteiger partial charge on any atom is -0.222 e. The lowest BCUT2D eigenvalue weighted by Crippen LogP contribution is -2.15. The van der Waals surface area contributed by atoms with Crippen LogP contribution in [0.5, 0.6) is 0 Å². The van der Waals surface area contributed by atoms with Crippen LogP contribution in [0.1, 0.15) is 36.9 Å². The van der Waals surface area contributed by atoms with Crippen LogP contribution in [0.15, 0.2) is 6.07 Å². The molecule has 1 saturated carbocycles. The Labute approximate surface area is 110 Å². The molecule has 1 aliphatic carbocycles. The van der Waals surface area contributed by atoms with Crippen LogP contribution in [-0.4, -0.2) is 9.97 Å². The molecule has 2 heterocycles. The van der Waals surface area contributed by atoms with E-state index in [9.17, 15) is 0 Å². The van der Waals surface area contributed by atoms with Crippen molar-refractivity contribution in [1.29, 1.82) is 0 Å². The third-order valence-corrected chi connectivity index (χ3v) is 4.95. The molecule has 4 heteroatoms. The minimum absolute atomic E-state index is 0.625. The van der Waals surface area contributed by atoms with E-state index in [4.69, 9.17) is 11.6 Å². The zero-order valence-corrected chi connectivity index (χ0v) is 11.4. The third-order valence-electron chi connectivity index (χ3n) is 3.49. The number of nitrogens with zero attached hydrogens (tertiary/aromatic N) is 2. The highest BCUT2D eigenvalue weighted by molar-refractivity contribution is 7.18. The first kappa shape index (κ1) is 11.4. The molecule has 0 saturated heterocycles. The molecule has 17 heavy (non-hydrogen) atoms. The fourth-order valence-electron chi connectivity index (χ4n) is 2.20. The molecule has 2 aromatic heterocycles. The first-order valence-electron chi connectivity index (χ1n) is 6.21. The van der Waals surface area contributed by atoms with E-state index in [1.54, 1.807) is 11.3 Å². The van der Waals surface area contributed by atoms with Crippen molar-refractivity contribution >= 4 is 33.2 Å². The second-order valence-corrected chi connectivity index (χ2v) is 6.19. The SMILES string of the molecule is CCc1cc2c(Cl)nc(CC3CCC3)nc2s1. The molecule has 0 atom stereocenters. The molecule has 0 unspecified atom stereocenters. The molecule has 0 spiro atoms. The second kappa shape index (κ2) is 4.54. The monoisotopic (exact) mass is 266 g/mol. The maximum Gasteiger partial charge on any atom is 0.141 e. The van der Waals surface area contributed by atoms with Gasteiger partial charge in [0.2, 0.25) is 0 Å². The average Bonchev–Trinajstić information content (AvgIpc) is 2.67. The van der Waals surface area contributed by atoms with Crippen LogP contribution in [0.4, 0.5) is 0 Å². The van der Waals surface area contributed by atoms with Gasteiger partial charge in [-0.05, 0) is 18.4 Å². The number of aryl methyl sites for hydroxylation is 1. The van der Waals surface area contributed by atoms with Crippen molar-refractivity contribution in [2.24, 2.45) is 5.92 Å². The summed E-state index contributed by atoms with van der Waals surface area (Å²) in [5, 5.41) is 1.64. The zero-order chi connectivity index (χ0) is 11.8. The zero-order valence-electron chi connectivity index (χ0n) is 9.87. The van der Waals surface area contributed by atoms with E-state index in [2.05, 4.69) is 23.0 Å². The average molecular weight is 267 g/mol. The summed E-state index contributed by atoms with van der Waals surface area (Å²) in [5.41, 5.74) is 0. The fourth-order valence-corrected chi connectivity index (χ4v) is 3.48. The van der Waals surface area contributed by atoms with Crippen molar-refractivity contribution in [3.63, 3.8) is 0 Å². The molecular formula is C13H15ClN2S. The minimum atomic E-state index is 0.625. The Balaban J connectivity index is 1.97. The van der Waals surface area contributed by atoms with Gasteiger partial charge in [0.1, 0.15) is 15.8 Å². The van der Waals surface area contributed by atoms with E-state index >= 15 is 0 Å². The standard InChI is InChI=1S/C13H15ClN2S/c1-2-9-7-10-12(14)15-11(16-13(10)17-9)6-8-4-3-5-8/h7-8H,2-6H2,1H3. The molecule has 2 nitrogen and oxygen atoms in total. The van der Waals surface area contributed by atoms with Crippen molar-refractivity contribution in [3.8, 4) is 0 Å². The number of thiophene rings is 1. The van der Waals surface area contributed by atoms with Gasteiger partial charge in [0.25, 0.3) is 0 Å². The molecule has 0 aliphatic heterocycles. The van der Waals surface area contributed by atoms with Crippen LogP contribution in [0.2, 0.25) is 5.15 Å². The van der Waals surface area contributed by atoms with Crippen molar-refractivity contribution in [3.05, 3.63) is 21.9 Å². The highest BCUT2D eigenvalue weighted by Gasteiger charge is 2.20. The van der Waals surface area contributed by atoms with Gasteiger partial charge in [0.05, 0.1) is 0 Å². The predicted molar refractivity (Wildman–Crippen MR) is 72.8 cm³/mol. The first-order chi connectivity index (χ1) is 8.26. The number of rotatable bonds is 3. The summed E-state index contributed by atoms with van der Waals surface area (Å²) in [4.78, 5) is 11.5. The van der Waals surface area contributed by atoms with E-state index in [0.29, 0.717) is 5.15 Å². The Hall–Kier alpha value is -0.670.